The maximum atomic E-state index is 12.9. The van der Waals surface area contributed by atoms with Crippen LogP contribution in [0.25, 0.3) is 0 Å². The minimum Gasteiger partial charge on any atom is -0.462 e. The Bertz CT molecular complexity index is 1340. The van der Waals surface area contributed by atoms with E-state index in [0.29, 0.717) is 19.3 Å². The minimum absolute atomic E-state index is 0.0930. The predicted octanol–water partition coefficient (Wildman–Crippen LogP) is 22.3. The van der Waals surface area contributed by atoms with Crippen molar-refractivity contribution in [1.29, 1.82) is 0 Å². The van der Waals surface area contributed by atoms with E-state index in [-0.39, 0.29) is 37.5 Å². The lowest BCUT2D eigenvalue weighted by molar-refractivity contribution is -0.167. The summed E-state index contributed by atoms with van der Waals surface area (Å²) >= 11 is 0. The van der Waals surface area contributed by atoms with Crippen LogP contribution >= 0.6 is 0 Å². The number of unbranched alkanes of at least 4 members (excludes halogenated alkanes) is 39. The maximum absolute atomic E-state index is 12.9. The zero-order valence-corrected chi connectivity index (χ0v) is 50.1. The Labute approximate surface area is 466 Å². The van der Waals surface area contributed by atoms with E-state index >= 15 is 0 Å². The zero-order valence-electron chi connectivity index (χ0n) is 50.1. The average Bonchev–Trinajstić information content (AvgIpc) is 3.41. The lowest BCUT2D eigenvalue weighted by Gasteiger charge is -2.18. The summed E-state index contributed by atoms with van der Waals surface area (Å²) in [6, 6.07) is 0. The van der Waals surface area contributed by atoms with Gasteiger partial charge in [0.15, 0.2) is 6.10 Å². The molecule has 0 heterocycles. The quantitative estimate of drug-likeness (QED) is 0.0261. The topological polar surface area (TPSA) is 78.9 Å². The first-order valence-corrected chi connectivity index (χ1v) is 32.8. The number of carbonyl (C=O) groups excluding carboxylic acids is 3. The number of hydrogen-bond acceptors (Lipinski definition) is 6. The highest BCUT2D eigenvalue weighted by atomic mass is 16.6. The second-order valence-corrected chi connectivity index (χ2v) is 22.0. The summed E-state index contributed by atoms with van der Waals surface area (Å²) in [5, 5.41) is 0. The van der Waals surface area contributed by atoms with Crippen LogP contribution in [-0.2, 0) is 28.6 Å². The van der Waals surface area contributed by atoms with Crippen molar-refractivity contribution in [1.82, 2.24) is 0 Å². The molecule has 0 aliphatic carbocycles. The number of carbonyl (C=O) groups is 3. The SMILES string of the molecule is CCCCC/C=C\C/C=C\C/C=C\C/C=C\CCCC(=O)O[C@H](COC(=O)CCCCCCCCCCC/C=C\CCCCCCCC)COC(=O)CCCCCCCCCCCCCCCCCCCCCCC. The van der Waals surface area contributed by atoms with Crippen molar-refractivity contribution < 1.29 is 28.6 Å². The molecule has 0 aromatic rings. The molecule has 0 saturated heterocycles. The van der Waals surface area contributed by atoms with Crippen LogP contribution in [0.2, 0.25) is 0 Å². The zero-order chi connectivity index (χ0) is 54.3. The molecular formula is C69H124O6. The van der Waals surface area contributed by atoms with E-state index in [1.54, 1.807) is 0 Å². The van der Waals surface area contributed by atoms with Gasteiger partial charge in [0.1, 0.15) is 13.2 Å². The third kappa shape index (κ3) is 61.8. The summed E-state index contributed by atoms with van der Waals surface area (Å²) in [4.78, 5) is 38.3. The first kappa shape index (κ1) is 72.1. The molecule has 0 aliphatic rings. The number of allylic oxidation sites excluding steroid dienone is 10. The monoisotopic (exact) mass is 1050 g/mol. The Morgan fingerprint density at radius 3 is 0.827 bits per heavy atom. The number of ether oxygens (including phenoxy) is 3. The van der Waals surface area contributed by atoms with E-state index in [1.165, 1.54) is 231 Å². The van der Waals surface area contributed by atoms with Gasteiger partial charge in [0.2, 0.25) is 0 Å². The molecule has 75 heavy (non-hydrogen) atoms. The minimum atomic E-state index is -0.803. The van der Waals surface area contributed by atoms with Gasteiger partial charge in [-0.05, 0) is 83.5 Å². The predicted molar refractivity (Wildman–Crippen MR) is 325 cm³/mol. The lowest BCUT2D eigenvalue weighted by atomic mass is 10.0. The number of hydrogen-bond donors (Lipinski definition) is 0. The van der Waals surface area contributed by atoms with Crippen molar-refractivity contribution in [3.8, 4) is 0 Å². The fourth-order valence-corrected chi connectivity index (χ4v) is 9.55. The summed E-state index contributed by atoms with van der Waals surface area (Å²) in [6.07, 6.45) is 80.9. The molecule has 0 aliphatic heterocycles. The fraction of sp³-hybridized carbons (Fsp3) is 0.812. The maximum Gasteiger partial charge on any atom is 0.306 e. The molecule has 0 amide bonds. The highest BCUT2D eigenvalue weighted by Gasteiger charge is 2.19. The molecule has 0 bridgehead atoms. The van der Waals surface area contributed by atoms with Crippen LogP contribution in [-0.4, -0.2) is 37.2 Å². The first-order valence-electron chi connectivity index (χ1n) is 32.8. The molecule has 0 fully saturated rings. The van der Waals surface area contributed by atoms with Crippen molar-refractivity contribution in [2.45, 2.75) is 348 Å². The van der Waals surface area contributed by atoms with Gasteiger partial charge in [0.25, 0.3) is 0 Å². The number of esters is 3. The van der Waals surface area contributed by atoms with Gasteiger partial charge in [-0.3, -0.25) is 14.4 Å². The molecule has 1 atom stereocenters. The Morgan fingerprint density at radius 1 is 0.267 bits per heavy atom. The fourth-order valence-electron chi connectivity index (χ4n) is 9.55. The molecule has 0 spiro atoms. The van der Waals surface area contributed by atoms with Crippen LogP contribution in [0.3, 0.4) is 0 Å². The van der Waals surface area contributed by atoms with Crippen LogP contribution in [0.1, 0.15) is 342 Å². The van der Waals surface area contributed by atoms with Crippen molar-refractivity contribution in [3.05, 3.63) is 60.8 Å². The van der Waals surface area contributed by atoms with E-state index in [4.69, 9.17) is 14.2 Å². The van der Waals surface area contributed by atoms with E-state index in [1.807, 2.05) is 0 Å². The second kappa shape index (κ2) is 63.6. The van der Waals surface area contributed by atoms with Crippen molar-refractivity contribution in [2.75, 3.05) is 13.2 Å². The Kier molecular flexibility index (Phi) is 61.2. The van der Waals surface area contributed by atoms with Crippen LogP contribution in [0, 0.1) is 0 Å². The largest absolute Gasteiger partial charge is 0.462 e. The van der Waals surface area contributed by atoms with Gasteiger partial charge in [-0.2, -0.15) is 0 Å². The van der Waals surface area contributed by atoms with Crippen LogP contribution < -0.4 is 0 Å². The summed E-state index contributed by atoms with van der Waals surface area (Å²) < 4.78 is 16.9. The Balaban J connectivity index is 4.39. The molecule has 436 valence electrons. The van der Waals surface area contributed by atoms with Gasteiger partial charge in [-0.25, -0.2) is 0 Å². The third-order valence-electron chi connectivity index (χ3n) is 14.5. The molecule has 0 saturated carbocycles. The van der Waals surface area contributed by atoms with Crippen LogP contribution in [0.4, 0.5) is 0 Å². The first-order chi connectivity index (χ1) is 37.0. The van der Waals surface area contributed by atoms with E-state index < -0.39 is 6.10 Å². The Morgan fingerprint density at radius 2 is 0.493 bits per heavy atom. The molecule has 0 aromatic carbocycles. The van der Waals surface area contributed by atoms with Crippen LogP contribution in [0.15, 0.2) is 60.8 Å². The highest BCUT2D eigenvalue weighted by molar-refractivity contribution is 5.71. The summed E-state index contributed by atoms with van der Waals surface area (Å²) in [7, 11) is 0. The molecule has 0 N–H and O–H groups in total. The highest BCUT2D eigenvalue weighted by Crippen LogP contribution is 2.17. The summed E-state index contributed by atoms with van der Waals surface area (Å²) in [5.41, 5.74) is 0. The molecule has 0 rings (SSSR count). The normalized spacial score (nSPS) is 12.4. The van der Waals surface area contributed by atoms with Crippen molar-refractivity contribution >= 4 is 17.9 Å². The summed E-state index contributed by atoms with van der Waals surface area (Å²) in [6.45, 7) is 6.62. The summed E-state index contributed by atoms with van der Waals surface area (Å²) in [5.74, 6) is -0.932. The standard InChI is InChI=1S/C69H124O6/c1-4-7-10-13-16-19-22-25-28-31-33-34-36-39-41-44-47-50-53-56-59-62-68(71)74-65-66(75-69(72)63-60-57-54-51-48-45-42-37-30-27-24-21-18-15-12-9-6-3)64-73-67(70)61-58-55-52-49-46-43-40-38-35-32-29-26-23-20-17-14-11-8-5-2/h18,21,26-27,29-30,42,45,51,54,66H,4-17,19-20,22-25,28,31-41,43-44,46-50,52-53,55-65H2,1-3H3/b21-18-,29-26-,30-27-,45-42-,54-51-/t66-/m1/s1. The molecule has 0 radical (unpaired) electrons. The molecule has 0 unspecified atom stereocenters. The van der Waals surface area contributed by atoms with Gasteiger partial charge in [-0.1, -0.05) is 300 Å². The van der Waals surface area contributed by atoms with E-state index in [0.717, 1.165) is 64.2 Å². The molecule has 6 nitrogen and oxygen atoms in total. The average molecular weight is 1050 g/mol. The third-order valence-corrected chi connectivity index (χ3v) is 14.5. The van der Waals surface area contributed by atoms with E-state index in [9.17, 15) is 14.4 Å². The van der Waals surface area contributed by atoms with Crippen LogP contribution in [0.5, 0.6) is 0 Å². The smallest absolute Gasteiger partial charge is 0.306 e. The molecular weight excluding hydrogens is 925 g/mol. The van der Waals surface area contributed by atoms with Gasteiger partial charge in [-0.15, -0.1) is 0 Å². The van der Waals surface area contributed by atoms with Gasteiger partial charge in [0.05, 0.1) is 0 Å². The molecule has 0 aromatic heterocycles. The van der Waals surface area contributed by atoms with Gasteiger partial charge in [0, 0.05) is 19.3 Å². The van der Waals surface area contributed by atoms with Crippen molar-refractivity contribution in [2.24, 2.45) is 0 Å². The van der Waals surface area contributed by atoms with Crippen molar-refractivity contribution in [3.63, 3.8) is 0 Å². The Hall–Kier alpha value is -2.89. The van der Waals surface area contributed by atoms with Gasteiger partial charge < -0.3 is 14.2 Å². The molecule has 6 heteroatoms. The van der Waals surface area contributed by atoms with E-state index in [2.05, 4.69) is 81.5 Å². The second-order valence-electron chi connectivity index (χ2n) is 22.0. The lowest BCUT2D eigenvalue weighted by Crippen LogP contribution is -2.30. The number of rotatable bonds is 60. The van der Waals surface area contributed by atoms with Gasteiger partial charge >= 0.3 is 17.9 Å².